The smallest absolute Gasteiger partial charge is 0.123 e. The second-order valence-electron chi connectivity index (χ2n) is 3.59. The van der Waals surface area contributed by atoms with Gasteiger partial charge in [0, 0.05) is 13.0 Å². The van der Waals surface area contributed by atoms with Crippen molar-refractivity contribution in [2.75, 3.05) is 19.6 Å². The van der Waals surface area contributed by atoms with E-state index in [0.717, 1.165) is 12.8 Å². The summed E-state index contributed by atoms with van der Waals surface area (Å²) in [4.78, 5) is 12.5. The van der Waals surface area contributed by atoms with E-state index in [1.165, 1.54) is 38.8 Å². The Labute approximate surface area is 80.6 Å². The normalized spacial score (nSPS) is 20.3. The third-order valence-electron chi connectivity index (χ3n) is 2.46. The van der Waals surface area contributed by atoms with Gasteiger partial charge >= 0.3 is 0 Å². The molecule has 0 atom stereocenters. The van der Waals surface area contributed by atoms with Crippen LogP contribution in [-0.2, 0) is 4.79 Å². The molecule has 2 heteroatoms. The molecule has 0 N–H and O–H groups in total. The fourth-order valence-electron chi connectivity index (χ4n) is 1.69. The number of hydrogen-bond donors (Lipinski definition) is 0. The van der Waals surface area contributed by atoms with E-state index >= 15 is 0 Å². The molecule has 0 radical (unpaired) electrons. The van der Waals surface area contributed by atoms with Crippen molar-refractivity contribution in [1.82, 2.24) is 4.90 Å². The van der Waals surface area contributed by atoms with Crippen molar-refractivity contribution in [2.24, 2.45) is 0 Å². The largest absolute Gasteiger partial charge is 0.303 e. The molecule has 0 aromatic heterocycles. The minimum absolute atomic E-state index is 0.563. The van der Waals surface area contributed by atoms with Crippen LogP contribution in [0, 0.1) is 0 Å². The zero-order valence-corrected chi connectivity index (χ0v) is 8.24. The summed E-state index contributed by atoms with van der Waals surface area (Å²) in [7, 11) is 0. The zero-order valence-electron chi connectivity index (χ0n) is 8.24. The summed E-state index contributed by atoms with van der Waals surface area (Å²) in [5.74, 6) is 0. The fraction of sp³-hybridized carbons (Fsp3) is 0.727. The van der Waals surface area contributed by atoms with Crippen LogP contribution in [0.5, 0.6) is 0 Å². The van der Waals surface area contributed by atoms with Crippen molar-refractivity contribution in [1.29, 1.82) is 0 Å². The molecule has 2 nitrogen and oxygen atoms in total. The predicted molar refractivity (Wildman–Crippen MR) is 54.7 cm³/mol. The molecular weight excluding hydrogens is 162 g/mol. The van der Waals surface area contributed by atoms with Crippen LogP contribution in [0.4, 0.5) is 0 Å². The Morgan fingerprint density at radius 2 is 1.69 bits per heavy atom. The van der Waals surface area contributed by atoms with Crippen molar-refractivity contribution >= 4 is 6.29 Å². The molecule has 1 heterocycles. The third-order valence-corrected chi connectivity index (χ3v) is 2.46. The highest BCUT2D eigenvalue weighted by Crippen LogP contribution is 2.08. The molecule has 13 heavy (non-hydrogen) atoms. The quantitative estimate of drug-likeness (QED) is 0.488. The van der Waals surface area contributed by atoms with Gasteiger partial charge in [0.1, 0.15) is 6.29 Å². The van der Waals surface area contributed by atoms with Crippen molar-refractivity contribution in [3.63, 3.8) is 0 Å². The van der Waals surface area contributed by atoms with Crippen LogP contribution in [0.2, 0.25) is 0 Å². The van der Waals surface area contributed by atoms with Gasteiger partial charge in [0.2, 0.25) is 0 Å². The molecule has 0 spiro atoms. The number of carbonyl (C=O) groups excluding carboxylic acids is 1. The number of hydrogen-bond acceptors (Lipinski definition) is 2. The molecule has 0 unspecified atom stereocenters. The lowest BCUT2D eigenvalue weighted by molar-refractivity contribution is -0.107. The molecule has 1 rings (SSSR count). The maximum atomic E-state index is 10.0. The first kappa shape index (κ1) is 10.5. The molecule has 0 aromatic rings. The average molecular weight is 181 g/mol. The number of likely N-dealkylation sites (tertiary alicyclic amines) is 1. The lowest BCUT2D eigenvalue weighted by Gasteiger charge is -2.16. The van der Waals surface area contributed by atoms with Crippen LogP contribution < -0.4 is 0 Å². The van der Waals surface area contributed by atoms with Crippen molar-refractivity contribution in [3.05, 3.63) is 12.2 Å². The van der Waals surface area contributed by atoms with Crippen molar-refractivity contribution in [3.8, 4) is 0 Å². The van der Waals surface area contributed by atoms with Gasteiger partial charge in [-0.2, -0.15) is 0 Å². The molecule has 0 aromatic carbocycles. The number of rotatable bonds is 4. The summed E-state index contributed by atoms with van der Waals surface area (Å²) in [6.45, 7) is 3.48. The fourth-order valence-corrected chi connectivity index (χ4v) is 1.69. The van der Waals surface area contributed by atoms with E-state index in [9.17, 15) is 4.79 Å². The molecule has 0 bridgehead atoms. The van der Waals surface area contributed by atoms with E-state index in [1.54, 1.807) is 0 Å². The predicted octanol–water partition coefficient (Wildman–Crippen LogP) is 2.01. The molecule has 74 valence electrons. The highest BCUT2D eigenvalue weighted by Gasteiger charge is 2.05. The van der Waals surface area contributed by atoms with Gasteiger partial charge in [-0.05, 0) is 25.9 Å². The van der Waals surface area contributed by atoms with Gasteiger partial charge in [0.15, 0.2) is 0 Å². The van der Waals surface area contributed by atoms with E-state index < -0.39 is 0 Å². The zero-order chi connectivity index (χ0) is 9.36. The highest BCUT2D eigenvalue weighted by atomic mass is 16.1. The maximum absolute atomic E-state index is 10.0. The summed E-state index contributed by atoms with van der Waals surface area (Å²) >= 11 is 0. The number of nitrogens with zero attached hydrogens (tertiary/aromatic N) is 1. The third kappa shape index (κ3) is 4.83. The van der Waals surface area contributed by atoms with Gasteiger partial charge in [-0.1, -0.05) is 25.0 Å². The molecule has 0 amide bonds. The SMILES string of the molecule is O=CC/C=C/CN1CCCCCC1. The summed E-state index contributed by atoms with van der Waals surface area (Å²) in [6, 6.07) is 0. The number of aldehydes is 1. The lowest BCUT2D eigenvalue weighted by Crippen LogP contribution is -2.24. The summed E-state index contributed by atoms with van der Waals surface area (Å²) in [5.41, 5.74) is 0. The molecular formula is C11H19NO. The van der Waals surface area contributed by atoms with Gasteiger partial charge in [-0.3, -0.25) is 4.90 Å². The maximum Gasteiger partial charge on any atom is 0.123 e. The molecule has 1 aliphatic rings. The Hall–Kier alpha value is -0.630. The Bertz CT molecular complexity index is 157. The Kier molecular flexibility index (Phi) is 5.50. The van der Waals surface area contributed by atoms with Gasteiger partial charge < -0.3 is 4.79 Å². The summed E-state index contributed by atoms with van der Waals surface area (Å²) < 4.78 is 0. The van der Waals surface area contributed by atoms with Crippen molar-refractivity contribution < 1.29 is 4.79 Å². The van der Waals surface area contributed by atoms with E-state index in [2.05, 4.69) is 11.0 Å². The van der Waals surface area contributed by atoms with Gasteiger partial charge in [0.05, 0.1) is 0 Å². The van der Waals surface area contributed by atoms with E-state index in [-0.39, 0.29) is 0 Å². The number of allylic oxidation sites excluding steroid dienone is 1. The van der Waals surface area contributed by atoms with Crippen molar-refractivity contribution in [2.45, 2.75) is 32.1 Å². The summed E-state index contributed by atoms with van der Waals surface area (Å²) in [5, 5.41) is 0. The highest BCUT2D eigenvalue weighted by molar-refractivity contribution is 5.51. The minimum Gasteiger partial charge on any atom is -0.303 e. The van der Waals surface area contributed by atoms with Crippen LogP contribution in [0.3, 0.4) is 0 Å². The average Bonchev–Trinajstić information content (AvgIpc) is 2.41. The molecule has 1 aliphatic heterocycles. The van der Waals surface area contributed by atoms with Gasteiger partial charge in [-0.15, -0.1) is 0 Å². The second kappa shape index (κ2) is 6.84. The monoisotopic (exact) mass is 181 g/mol. The number of carbonyl (C=O) groups is 1. The van der Waals surface area contributed by atoms with E-state index in [4.69, 9.17) is 0 Å². The van der Waals surface area contributed by atoms with Gasteiger partial charge in [-0.25, -0.2) is 0 Å². The minimum atomic E-state index is 0.563. The Morgan fingerprint density at radius 3 is 2.31 bits per heavy atom. The molecule has 1 fully saturated rings. The first-order chi connectivity index (χ1) is 6.43. The Morgan fingerprint density at radius 1 is 1.00 bits per heavy atom. The van der Waals surface area contributed by atoms with E-state index in [1.807, 2.05) is 6.08 Å². The Balaban J connectivity index is 2.14. The standard InChI is InChI=1S/C11H19NO/c13-11-7-3-6-10-12-8-4-1-2-5-9-12/h3,6,11H,1-2,4-5,7-10H2/b6-3+. The van der Waals surface area contributed by atoms with Crippen LogP contribution >= 0.6 is 0 Å². The molecule has 1 saturated heterocycles. The topological polar surface area (TPSA) is 20.3 Å². The van der Waals surface area contributed by atoms with E-state index in [0.29, 0.717) is 6.42 Å². The second-order valence-corrected chi connectivity index (χ2v) is 3.59. The van der Waals surface area contributed by atoms with Crippen LogP contribution in [0.15, 0.2) is 12.2 Å². The first-order valence-corrected chi connectivity index (χ1v) is 5.24. The lowest BCUT2D eigenvalue weighted by atomic mass is 10.2. The first-order valence-electron chi connectivity index (χ1n) is 5.24. The van der Waals surface area contributed by atoms with Gasteiger partial charge in [0.25, 0.3) is 0 Å². The molecule has 0 aliphatic carbocycles. The van der Waals surface area contributed by atoms with Crippen LogP contribution in [0.1, 0.15) is 32.1 Å². The molecule has 0 saturated carbocycles. The van der Waals surface area contributed by atoms with Crippen LogP contribution in [0.25, 0.3) is 0 Å². The van der Waals surface area contributed by atoms with Crippen LogP contribution in [-0.4, -0.2) is 30.8 Å². The summed E-state index contributed by atoms with van der Waals surface area (Å²) in [6.07, 6.45) is 11.0.